The summed E-state index contributed by atoms with van der Waals surface area (Å²) in [6.07, 6.45) is -0.124. The van der Waals surface area contributed by atoms with Crippen LogP contribution >= 0.6 is 0 Å². The molecule has 0 aliphatic carbocycles. The summed E-state index contributed by atoms with van der Waals surface area (Å²) in [6, 6.07) is 10.8. The Morgan fingerprint density at radius 3 is 2.85 bits per heavy atom. The van der Waals surface area contributed by atoms with Crippen LogP contribution in [0.5, 0.6) is 11.5 Å². The summed E-state index contributed by atoms with van der Waals surface area (Å²) in [5, 5.41) is 2.52. The van der Waals surface area contributed by atoms with Gasteiger partial charge in [0.15, 0.2) is 6.61 Å². The Morgan fingerprint density at radius 1 is 1.27 bits per heavy atom. The van der Waals surface area contributed by atoms with E-state index in [0.29, 0.717) is 17.1 Å². The first-order valence-corrected chi connectivity index (χ1v) is 9.11. The molecule has 0 fully saturated rings. The van der Waals surface area contributed by atoms with Crippen LogP contribution in [0, 0.1) is 0 Å². The highest BCUT2D eigenvalue weighted by atomic mass is 32.2. The van der Waals surface area contributed by atoms with Gasteiger partial charge in [0.2, 0.25) is 5.91 Å². The van der Waals surface area contributed by atoms with E-state index in [-0.39, 0.29) is 29.5 Å². The first-order valence-electron chi connectivity index (χ1n) is 7.63. The van der Waals surface area contributed by atoms with E-state index in [0.717, 1.165) is 0 Å². The van der Waals surface area contributed by atoms with Gasteiger partial charge in [0.1, 0.15) is 11.5 Å². The molecule has 0 aromatic heterocycles. The molecule has 0 radical (unpaired) electrons. The smallest absolute Gasteiger partial charge is 0.264 e. The molecular formula is C17H16N2O6S. The maximum Gasteiger partial charge on any atom is 0.264 e. The Hall–Kier alpha value is -3.07. The van der Waals surface area contributed by atoms with Gasteiger partial charge in [0.25, 0.3) is 15.9 Å². The fraction of sp³-hybridized carbons (Fsp3) is 0.176. The number of methoxy groups -OCH3 is 1. The van der Waals surface area contributed by atoms with Crippen LogP contribution in [0.1, 0.15) is 5.56 Å². The van der Waals surface area contributed by atoms with Crippen LogP contribution in [0.25, 0.3) is 0 Å². The van der Waals surface area contributed by atoms with Gasteiger partial charge >= 0.3 is 0 Å². The highest BCUT2D eigenvalue weighted by molar-refractivity contribution is 7.90. The van der Waals surface area contributed by atoms with Crippen molar-refractivity contribution in [3.05, 3.63) is 48.0 Å². The molecule has 3 rings (SSSR count). The van der Waals surface area contributed by atoms with Gasteiger partial charge in [0.05, 0.1) is 24.1 Å². The first-order chi connectivity index (χ1) is 12.4. The Kier molecular flexibility index (Phi) is 4.81. The first kappa shape index (κ1) is 17.7. The molecule has 0 saturated heterocycles. The highest BCUT2D eigenvalue weighted by Crippen LogP contribution is 2.30. The molecule has 0 bridgehead atoms. The molecule has 8 nitrogen and oxygen atoms in total. The maximum absolute atomic E-state index is 12.4. The van der Waals surface area contributed by atoms with Gasteiger partial charge in [-0.15, -0.1) is 0 Å². The molecule has 0 unspecified atom stereocenters. The van der Waals surface area contributed by atoms with Gasteiger partial charge in [0, 0.05) is 0 Å². The Morgan fingerprint density at radius 2 is 2.08 bits per heavy atom. The number of hydrogen-bond donors (Lipinski definition) is 2. The SMILES string of the molecule is COc1cccc(CC(=O)NS(=O)(=O)c2ccc3c(c2)NC(=O)CO3)c1. The minimum absolute atomic E-state index is 0.124. The second-order valence-corrected chi connectivity index (χ2v) is 7.23. The van der Waals surface area contributed by atoms with Gasteiger partial charge in [-0.1, -0.05) is 12.1 Å². The number of benzene rings is 2. The molecule has 0 saturated carbocycles. The monoisotopic (exact) mass is 376 g/mol. The number of carbonyl (C=O) groups is 2. The van der Waals surface area contributed by atoms with Crippen LogP contribution in [-0.2, 0) is 26.0 Å². The number of carbonyl (C=O) groups excluding carboxylic acids is 2. The van der Waals surface area contributed by atoms with Gasteiger partial charge < -0.3 is 14.8 Å². The molecule has 136 valence electrons. The molecular weight excluding hydrogens is 360 g/mol. The third-order valence-electron chi connectivity index (χ3n) is 3.64. The highest BCUT2D eigenvalue weighted by Gasteiger charge is 2.22. The number of sulfonamides is 1. The Labute approximate surface area is 150 Å². The predicted molar refractivity (Wildman–Crippen MR) is 92.6 cm³/mol. The molecule has 1 aliphatic heterocycles. The minimum Gasteiger partial charge on any atom is -0.497 e. The summed E-state index contributed by atoms with van der Waals surface area (Å²) in [5.41, 5.74) is 0.854. The van der Waals surface area contributed by atoms with Gasteiger partial charge in [-0.05, 0) is 35.9 Å². The maximum atomic E-state index is 12.4. The Balaban J connectivity index is 1.75. The van der Waals surface area contributed by atoms with E-state index < -0.39 is 15.9 Å². The van der Waals surface area contributed by atoms with Crippen molar-refractivity contribution in [3.63, 3.8) is 0 Å². The zero-order valence-electron chi connectivity index (χ0n) is 13.8. The number of amides is 2. The second kappa shape index (κ2) is 7.04. The van der Waals surface area contributed by atoms with E-state index >= 15 is 0 Å². The number of nitrogens with one attached hydrogen (secondary N) is 2. The normalized spacial score (nSPS) is 13.2. The molecule has 1 aliphatic rings. The van der Waals surface area contributed by atoms with E-state index in [2.05, 4.69) is 5.32 Å². The number of ether oxygens (including phenoxy) is 2. The van der Waals surface area contributed by atoms with Gasteiger partial charge in [-0.2, -0.15) is 0 Å². The van der Waals surface area contributed by atoms with Crippen molar-refractivity contribution in [2.24, 2.45) is 0 Å². The summed E-state index contributed by atoms with van der Waals surface area (Å²) in [5.74, 6) is -0.125. The second-order valence-electron chi connectivity index (χ2n) is 5.55. The van der Waals surface area contributed by atoms with Crippen LogP contribution in [0.2, 0.25) is 0 Å². The van der Waals surface area contributed by atoms with Crippen LogP contribution in [0.3, 0.4) is 0 Å². The number of rotatable bonds is 5. The third kappa shape index (κ3) is 3.94. The van der Waals surface area contributed by atoms with E-state index in [1.165, 1.54) is 25.3 Å². The van der Waals surface area contributed by atoms with E-state index in [1.54, 1.807) is 24.3 Å². The summed E-state index contributed by atoms with van der Waals surface area (Å²) >= 11 is 0. The summed E-state index contributed by atoms with van der Waals surface area (Å²) in [7, 11) is -2.58. The van der Waals surface area contributed by atoms with Crippen LogP contribution in [0.15, 0.2) is 47.4 Å². The molecule has 0 spiro atoms. The van der Waals surface area contributed by atoms with Crippen molar-refractivity contribution < 1.29 is 27.5 Å². The van der Waals surface area contributed by atoms with Crippen LogP contribution in [0.4, 0.5) is 5.69 Å². The molecule has 26 heavy (non-hydrogen) atoms. The van der Waals surface area contributed by atoms with Crippen molar-refractivity contribution in [2.45, 2.75) is 11.3 Å². The Bertz CT molecular complexity index is 971. The lowest BCUT2D eigenvalue weighted by atomic mass is 10.1. The molecule has 0 atom stereocenters. The molecule has 2 N–H and O–H groups in total. The lowest BCUT2D eigenvalue weighted by Gasteiger charge is -2.18. The topological polar surface area (TPSA) is 111 Å². The van der Waals surface area contributed by atoms with Crippen LogP contribution in [-0.4, -0.2) is 33.9 Å². The molecule has 9 heteroatoms. The largest absolute Gasteiger partial charge is 0.497 e. The standard InChI is InChI=1S/C17H16N2O6S/c1-24-12-4-2-3-11(7-12)8-16(20)19-26(22,23)13-5-6-15-14(9-13)18-17(21)10-25-15/h2-7,9H,8,10H2,1H3,(H,18,21)(H,19,20). The van der Waals surface area contributed by atoms with Crippen LogP contribution < -0.4 is 19.5 Å². The van der Waals surface area contributed by atoms with Gasteiger partial charge in [-0.25, -0.2) is 13.1 Å². The summed E-state index contributed by atoms with van der Waals surface area (Å²) < 4.78 is 37.1. The van der Waals surface area contributed by atoms with Crippen molar-refractivity contribution in [2.75, 3.05) is 19.0 Å². The average molecular weight is 376 g/mol. The number of fused-ring (bicyclic) bond motifs is 1. The average Bonchev–Trinajstić information content (AvgIpc) is 2.60. The van der Waals surface area contributed by atoms with E-state index in [4.69, 9.17) is 9.47 Å². The van der Waals surface area contributed by atoms with Crippen molar-refractivity contribution in [3.8, 4) is 11.5 Å². The third-order valence-corrected chi connectivity index (χ3v) is 5.01. The van der Waals surface area contributed by atoms with Crippen molar-refractivity contribution in [1.29, 1.82) is 0 Å². The van der Waals surface area contributed by atoms with E-state index in [9.17, 15) is 18.0 Å². The fourth-order valence-corrected chi connectivity index (χ4v) is 3.45. The molecule has 2 aromatic carbocycles. The molecule has 2 amide bonds. The zero-order chi connectivity index (χ0) is 18.7. The summed E-state index contributed by atoms with van der Waals surface area (Å²) in [4.78, 5) is 23.3. The number of hydrogen-bond acceptors (Lipinski definition) is 6. The lowest BCUT2D eigenvalue weighted by Crippen LogP contribution is -2.32. The zero-order valence-corrected chi connectivity index (χ0v) is 14.6. The number of anilines is 1. The van der Waals surface area contributed by atoms with E-state index in [1.807, 2.05) is 4.72 Å². The lowest BCUT2D eigenvalue weighted by molar-refractivity contribution is -0.119. The van der Waals surface area contributed by atoms with Gasteiger partial charge in [-0.3, -0.25) is 9.59 Å². The minimum atomic E-state index is -4.08. The van der Waals surface area contributed by atoms with Crippen molar-refractivity contribution in [1.82, 2.24) is 4.72 Å². The van der Waals surface area contributed by atoms with Crippen molar-refractivity contribution >= 4 is 27.5 Å². The summed E-state index contributed by atoms with van der Waals surface area (Å²) in [6.45, 7) is -0.129. The molecule has 1 heterocycles. The quantitative estimate of drug-likeness (QED) is 0.808. The molecule has 2 aromatic rings. The fourth-order valence-electron chi connectivity index (χ4n) is 2.44. The predicted octanol–water partition coefficient (Wildman–Crippen LogP) is 1.07.